The van der Waals surface area contributed by atoms with Crippen molar-refractivity contribution in [2.45, 2.75) is 90.6 Å². The lowest BCUT2D eigenvalue weighted by Crippen LogP contribution is -2.35. The molecule has 139 heavy (non-hydrogen) atoms. The molecule has 2 atom stereocenters. The van der Waals surface area contributed by atoms with E-state index in [9.17, 15) is 19.4 Å². The summed E-state index contributed by atoms with van der Waals surface area (Å²) in [5.41, 5.74) is 20.0. The van der Waals surface area contributed by atoms with Crippen molar-refractivity contribution in [3.05, 3.63) is 231 Å². The first kappa shape index (κ1) is 98.6. The Balaban J connectivity index is 0.000000141. The number of anilines is 8. The van der Waals surface area contributed by atoms with Crippen molar-refractivity contribution >= 4 is 95.5 Å². The monoisotopic (exact) mass is 1880 g/mol. The zero-order valence-corrected chi connectivity index (χ0v) is 81.0. The summed E-state index contributed by atoms with van der Waals surface area (Å²) < 4.78 is 60.6. The number of hydrogen-bond donors (Lipinski definition) is 5. The lowest BCUT2D eigenvalue weighted by Gasteiger charge is -2.28. The van der Waals surface area contributed by atoms with Crippen LogP contribution in [0.4, 0.5) is 49.9 Å². The van der Waals surface area contributed by atoms with Crippen molar-refractivity contribution in [2.75, 3.05) is 148 Å². The number of aromatic nitrogens is 16. The number of nitrogens with zero attached hydrogens (tertiary/aromatic N) is 21. The van der Waals surface area contributed by atoms with Gasteiger partial charge in [-0.3, -0.25) is 38.8 Å². The van der Waals surface area contributed by atoms with E-state index in [0.717, 1.165) is 188 Å². The van der Waals surface area contributed by atoms with Crippen molar-refractivity contribution in [2.24, 2.45) is 14.1 Å². The molecule has 34 nitrogen and oxygen atoms in total. The molecule has 2 unspecified atom stereocenters. The van der Waals surface area contributed by atoms with Gasteiger partial charge in [-0.2, -0.15) is 20.4 Å². The average molecular weight is 1890 g/mol. The van der Waals surface area contributed by atoms with Gasteiger partial charge in [-0.1, -0.05) is 13.8 Å². The maximum absolute atomic E-state index is 14.2. The van der Waals surface area contributed by atoms with Crippen LogP contribution in [0.1, 0.15) is 88.8 Å². The predicted octanol–water partition coefficient (Wildman–Crippen LogP) is 16.5. The van der Waals surface area contributed by atoms with Crippen LogP contribution in [0.15, 0.2) is 220 Å². The van der Waals surface area contributed by atoms with E-state index in [2.05, 4.69) is 135 Å². The third kappa shape index (κ3) is 25.1. The van der Waals surface area contributed by atoms with Gasteiger partial charge in [0.15, 0.2) is 0 Å². The summed E-state index contributed by atoms with van der Waals surface area (Å²) in [4.78, 5) is 60.7. The number of rotatable bonds is 35. The van der Waals surface area contributed by atoms with Gasteiger partial charge >= 0.3 is 0 Å². The number of ether oxygens (including phenoxy) is 7. The highest BCUT2D eigenvalue weighted by Gasteiger charge is 2.25. The zero-order chi connectivity index (χ0) is 97.6. The van der Waals surface area contributed by atoms with Crippen molar-refractivity contribution in [3.63, 3.8) is 0 Å². The molecule has 2 aliphatic heterocycles. The number of carbonyl (C=O) groups is 1. The highest BCUT2D eigenvalue weighted by atomic mass is 19.1. The number of aryl methyl sites for hydroxylation is 2. The number of aliphatic hydroxyl groups excluding tert-OH is 2. The van der Waals surface area contributed by atoms with E-state index in [1.54, 1.807) is 87.8 Å². The third-order valence-corrected chi connectivity index (χ3v) is 23.9. The number of fused-ring (bicyclic) bond motifs is 4. The number of aliphatic hydroxyl groups is 2. The fraction of sp³-hybridized carbons (Fsp3) is 0.337. The van der Waals surface area contributed by atoms with Crippen LogP contribution in [0, 0.1) is 5.82 Å². The van der Waals surface area contributed by atoms with Crippen LogP contribution in [-0.2, 0) is 18.8 Å². The maximum Gasteiger partial charge on any atom is 0.251 e. The molecule has 18 rings (SSSR count). The number of hydrogen-bond acceptors (Lipinski definition) is 29. The van der Waals surface area contributed by atoms with Crippen LogP contribution >= 0.6 is 0 Å². The summed E-state index contributed by atoms with van der Waals surface area (Å²) >= 11 is 0. The van der Waals surface area contributed by atoms with E-state index in [-0.39, 0.29) is 24.9 Å². The molecule has 2 saturated heterocycles. The van der Waals surface area contributed by atoms with E-state index in [1.807, 2.05) is 176 Å². The first-order chi connectivity index (χ1) is 67.5. The number of likely N-dealkylation sites (N-methyl/N-ethyl adjacent to an activating group) is 1. The molecule has 8 aromatic heterocycles. The lowest BCUT2D eigenvalue weighted by atomic mass is 10.1. The van der Waals surface area contributed by atoms with E-state index < -0.39 is 17.8 Å². The van der Waals surface area contributed by atoms with Gasteiger partial charge in [-0.25, -0.2) is 29.0 Å². The average Bonchev–Trinajstić information content (AvgIpc) is 1.77. The van der Waals surface area contributed by atoms with E-state index in [4.69, 9.17) is 53.1 Å². The number of benzene rings is 8. The van der Waals surface area contributed by atoms with E-state index in [1.165, 1.54) is 45.1 Å². The normalized spacial score (nSPS) is 13.3. The molecule has 5 N–H and O–H groups in total. The molecule has 0 aliphatic carbocycles. The van der Waals surface area contributed by atoms with E-state index >= 15 is 0 Å². The molecule has 724 valence electrons. The second kappa shape index (κ2) is 46.8. The smallest absolute Gasteiger partial charge is 0.251 e. The Labute approximate surface area is 807 Å². The summed E-state index contributed by atoms with van der Waals surface area (Å²) in [6.45, 7) is 16.1. The standard InChI is InChI=1S/C29H36N6O3.C29H36N6O2.C24H28N6O3.C22H21FN6O2/c1-20(2)30-10-11-34(23-13-24(36-3)16-25(14-23)37-4)22-8-9-26-27(15-22)33-28(18-31-26)21-17-32-35(19-21)29-7-5-6-12-38-29;1-21(2)35-20-22(18-31-35)29-19-30-27-9-8-23(16-28(27)32-29)34(13-7-12-33-10-5-6-11-33)24-14-25(36-3)17-26(15-24)37-4;1-25-12-19(31)15-30(18-7-20(32-3)10-21(8-18)33-4)17-5-6-22-23(9-17)28-24(13-26-22)16-11-27-29(2)14-16;1-24-22(31)14-7-16(23)9-18(8-14)29(5-6-30)17-3-4-19-20(10-17)27-21(12-25-19)15-11-26-28(2)13-15/h8-9,13-20,29-30H,5-7,10-12H2,1-4H3;8-9,14-21H,5-7,10-13H2,1-4H3;5-11,13-14,19,25,31H,12,15H2,1-4H3;3-4,7-13,30H,5-6H2,1-2H3,(H,24,31). The predicted molar refractivity (Wildman–Crippen MR) is 541 cm³/mol. The highest BCUT2D eigenvalue weighted by Crippen LogP contribution is 2.40. The van der Waals surface area contributed by atoms with Crippen LogP contribution in [0.3, 0.4) is 0 Å². The Morgan fingerprint density at radius 2 is 0.885 bits per heavy atom. The van der Waals surface area contributed by atoms with Crippen molar-refractivity contribution in [3.8, 4) is 79.5 Å². The Hall–Kier alpha value is -14.9. The Kier molecular flexibility index (Phi) is 33.2. The molecule has 2 fully saturated rings. The van der Waals surface area contributed by atoms with Crippen LogP contribution in [0.25, 0.3) is 89.2 Å². The first-order valence-corrected chi connectivity index (χ1v) is 46.5. The number of amides is 1. The third-order valence-electron chi connectivity index (χ3n) is 23.9. The van der Waals surface area contributed by atoms with Gasteiger partial charge in [0.05, 0.1) is 178 Å². The Morgan fingerprint density at radius 3 is 1.29 bits per heavy atom. The Morgan fingerprint density at radius 1 is 0.468 bits per heavy atom. The van der Waals surface area contributed by atoms with Crippen molar-refractivity contribution < 1.29 is 52.6 Å². The second-order valence-electron chi connectivity index (χ2n) is 34.4. The van der Waals surface area contributed by atoms with Crippen LogP contribution in [0.5, 0.6) is 34.5 Å². The molecular formula is C104H121FN24O10. The minimum atomic E-state index is -0.601. The topological polar surface area (TPSA) is 349 Å². The zero-order valence-electron chi connectivity index (χ0n) is 81.0. The van der Waals surface area contributed by atoms with Gasteiger partial charge in [-0.15, -0.1) is 0 Å². The van der Waals surface area contributed by atoms with Gasteiger partial charge in [-0.05, 0) is 170 Å². The second-order valence-corrected chi connectivity index (χ2v) is 34.4. The largest absolute Gasteiger partial charge is 0.497 e. The molecule has 0 spiro atoms. The molecule has 2 aliphatic rings. The number of nitrogens with one attached hydrogen (secondary N) is 3. The quantitative estimate of drug-likeness (QED) is 0.0246. The van der Waals surface area contributed by atoms with Gasteiger partial charge < -0.3 is 83.8 Å². The highest BCUT2D eigenvalue weighted by molar-refractivity contribution is 5.96. The first-order valence-electron chi connectivity index (χ1n) is 46.5. The molecule has 0 bridgehead atoms. The number of halogens is 1. The molecular weight excluding hydrogens is 1760 g/mol. The molecule has 1 amide bonds. The summed E-state index contributed by atoms with van der Waals surface area (Å²) in [5, 5.41) is 46.7. The summed E-state index contributed by atoms with van der Waals surface area (Å²) in [6.07, 6.45) is 28.3. The molecule has 0 saturated carbocycles. The number of methoxy groups -OCH3 is 6. The molecule has 16 aromatic rings. The van der Waals surface area contributed by atoms with Crippen molar-refractivity contribution in [1.82, 2.24) is 99.8 Å². The number of carbonyl (C=O) groups excluding carboxylic acids is 1. The molecule has 10 heterocycles. The van der Waals surface area contributed by atoms with Gasteiger partial charge in [0.25, 0.3) is 5.91 Å². The summed E-state index contributed by atoms with van der Waals surface area (Å²) in [5.74, 6) is 3.40. The van der Waals surface area contributed by atoms with E-state index in [0.29, 0.717) is 64.8 Å². The summed E-state index contributed by atoms with van der Waals surface area (Å²) in [7, 11) is 16.9. The summed E-state index contributed by atoms with van der Waals surface area (Å²) in [6, 6.07) is 46.2. The Bertz CT molecular complexity index is 6750. The van der Waals surface area contributed by atoms with Gasteiger partial charge in [0.1, 0.15) is 46.5 Å². The van der Waals surface area contributed by atoms with Gasteiger partial charge in [0.2, 0.25) is 0 Å². The SMILES string of the molecule is CNC(=O)c1cc(F)cc(N(CCO)c2ccc3ncc(-c4cnn(C)c4)nc3c2)c1.CNCC(O)CN(c1cc(OC)cc(OC)c1)c1ccc2ncc(-c3cnn(C)c3)nc2c1.COc1cc(OC)cc(N(CCCN2CCCC2)c2ccc3ncc(-c4cnn(C(C)C)c4)nc3c2)c1.COc1cc(OC)cc(N(CCNC(C)C)c2ccc3ncc(-c4cnn(C5CCCCO5)c4)nc3c2)c1. The van der Waals surface area contributed by atoms with Crippen LogP contribution in [-0.4, -0.2) is 241 Å². The molecule has 0 radical (unpaired) electrons. The maximum atomic E-state index is 14.2. The lowest BCUT2D eigenvalue weighted by molar-refractivity contribution is -0.0394. The molecule has 35 heteroatoms. The fourth-order valence-electron chi connectivity index (χ4n) is 16.6. The number of likely N-dealkylation sites (tertiary alicyclic amines) is 1. The minimum Gasteiger partial charge on any atom is -0.497 e. The van der Waals surface area contributed by atoms with Crippen LogP contribution < -0.4 is 64.0 Å². The fourth-order valence-corrected chi connectivity index (χ4v) is 16.6. The van der Waals surface area contributed by atoms with Crippen molar-refractivity contribution in [1.29, 1.82) is 0 Å². The van der Waals surface area contributed by atoms with Crippen LogP contribution in [0.2, 0.25) is 0 Å². The van der Waals surface area contributed by atoms with Gasteiger partial charge in [0, 0.05) is 225 Å². The minimum absolute atomic E-state index is 0.00891. The molecule has 8 aromatic carbocycles.